The third-order valence-corrected chi connectivity index (χ3v) is 1.84. The van der Waals surface area contributed by atoms with Crippen molar-refractivity contribution >= 4 is 0 Å². The van der Waals surface area contributed by atoms with E-state index in [2.05, 4.69) is 10.2 Å². The summed E-state index contributed by atoms with van der Waals surface area (Å²) in [5.41, 5.74) is 7.33. The molecule has 0 aliphatic heterocycles. The zero-order valence-electron chi connectivity index (χ0n) is 7.16. The number of hydrogen-bond acceptors (Lipinski definition) is 3. The fourth-order valence-corrected chi connectivity index (χ4v) is 1.21. The van der Waals surface area contributed by atoms with E-state index in [1.807, 2.05) is 18.2 Å². The first-order valence-corrected chi connectivity index (χ1v) is 4.14. The molecule has 0 unspecified atom stereocenters. The van der Waals surface area contributed by atoms with Crippen molar-refractivity contribution in [3.05, 3.63) is 41.6 Å². The third-order valence-electron chi connectivity index (χ3n) is 1.84. The molecule has 0 aliphatic rings. The highest BCUT2D eigenvalue weighted by molar-refractivity contribution is 5.14. The van der Waals surface area contributed by atoms with Crippen LogP contribution in [0.4, 0.5) is 0 Å². The Balaban J connectivity index is 2.10. The number of hydrogen-bond donors (Lipinski definition) is 2. The zero-order valence-corrected chi connectivity index (χ0v) is 7.16. The van der Waals surface area contributed by atoms with Gasteiger partial charge in [-0.05, 0) is 18.2 Å². The van der Waals surface area contributed by atoms with Crippen molar-refractivity contribution in [2.45, 2.75) is 13.0 Å². The van der Waals surface area contributed by atoms with Crippen LogP contribution in [0.2, 0.25) is 0 Å². The molecule has 13 heavy (non-hydrogen) atoms. The minimum absolute atomic E-state index is 0.467. The Morgan fingerprint density at radius 1 is 1.54 bits per heavy atom. The molecule has 0 bridgehead atoms. The molecule has 0 aromatic carbocycles. The van der Waals surface area contributed by atoms with Crippen LogP contribution in [0.25, 0.3) is 0 Å². The molecule has 0 saturated carbocycles. The van der Waals surface area contributed by atoms with Gasteiger partial charge in [0.2, 0.25) is 0 Å². The predicted molar refractivity (Wildman–Crippen MR) is 48.0 cm³/mol. The van der Waals surface area contributed by atoms with Crippen molar-refractivity contribution in [2.75, 3.05) is 0 Å². The molecule has 2 rings (SSSR count). The van der Waals surface area contributed by atoms with E-state index in [9.17, 15) is 0 Å². The fraction of sp³-hybridized carbons (Fsp3) is 0.222. The Bertz CT molecular complexity index is 364. The van der Waals surface area contributed by atoms with Crippen LogP contribution in [0.15, 0.2) is 28.9 Å². The van der Waals surface area contributed by atoms with Gasteiger partial charge in [-0.25, -0.2) is 0 Å². The van der Waals surface area contributed by atoms with Crippen molar-refractivity contribution < 1.29 is 4.42 Å². The molecule has 2 aromatic heterocycles. The van der Waals surface area contributed by atoms with Crippen molar-refractivity contribution in [1.82, 2.24) is 10.2 Å². The molecule has 68 valence electrons. The molecule has 2 heterocycles. The molecule has 0 atom stereocenters. The molecular formula is C9H11N3O. The highest BCUT2D eigenvalue weighted by Gasteiger charge is 2.02. The molecule has 0 radical (unpaired) electrons. The smallest absolute Gasteiger partial charge is 0.109 e. The average Bonchev–Trinajstić information content (AvgIpc) is 2.76. The Morgan fingerprint density at radius 3 is 3.08 bits per heavy atom. The van der Waals surface area contributed by atoms with Gasteiger partial charge in [-0.15, -0.1) is 0 Å². The fourth-order valence-electron chi connectivity index (χ4n) is 1.21. The van der Waals surface area contributed by atoms with Crippen molar-refractivity contribution in [3.63, 3.8) is 0 Å². The van der Waals surface area contributed by atoms with Gasteiger partial charge >= 0.3 is 0 Å². The Morgan fingerprint density at radius 2 is 2.46 bits per heavy atom. The largest absolute Gasteiger partial charge is 0.469 e. The van der Waals surface area contributed by atoms with E-state index >= 15 is 0 Å². The first kappa shape index (κ1) is 8.07. The van der Waals surface area contributed by atoms with Gasteiger partial charge in [0.25, 0.3) is 0 Å². The van der Waals surface area contributed by atoms with Gasteiger partial charge in [-0.1, -0.05) is 0 Å². The summed E-state index contributed by atoms with van der Waals surface area (Å²) in [5.74, 6) is 0.923. The van der Waals surface area contributed by atoms with Gasteiger partial charge in [0.05, 0.1) is 12.0 Å². The second-order valence-electron chi connectivity index (χ2n) is 2.84. The maximum atomic E-state index is 5.43. The first-order chi connectivity index (χ1) is 6.38. The van der Waals surface area contributed by atoms with Gasteiger partial charge in [0, 0.05) is 18.7 Å². The van der Waals surface area contributed by atoms with Crippen LogP contribution in [-0.2, 0) is 13.0 Å². The Hall–Kier alpha value is -1.55. The summed E-state index contributed by atoms with van der Waals surface area (Å²) in [7, 11) is 0. The number of rotatable bonds is 3. The second kappa shape index (κ2) is 3.45. The number of nitrogens with two attached hydrogens (primary N) is 1. The summed E-state index contributed by atoms with van der Waals surface area (Å²) in [6.07, 6.45) is 2.40. The molecule has 4 heteroatoms. The van der Waals surface area contributed by atoms with E-state index in [1.165, 1.54) is 0 Å². The average molecular weight is 177 g/mol. The molecule has 0 fully saturated rings. The van der Waals surface area contributed by atoms with Gasteiger partial charge in [0.15, 0.2) is 0 Å². The van der Waals surface area contributed by atoms with Gasteiger partial charge < -0.3 is 10.2 Å². The SMILES string of the molecule is NCc1cc(Cc2ccco2)[nH]n1. The van der Waals surface area contributed by atoms with Gasteiger partial charge in [-0.3, -0.25) is 5.10 Å². The van der Waals surface area contributed by atoms with E-state index in [-0.39, 0.29) is 0 Å². The number of nitrogens with one attached hydrogen (secondary N) is 1. The Labute approximate surface area is 75.7 Å². The number of H-pyrrole nitrogens is 1. The zero-order chi connectivity index (χ0) is 9.10. The highest BCUT2D eigenvalue weighted by atomic mass is 16.3. The van der Waals surface area contributed by atoms with Crippen LogP contribution in [0.1, 0.15) is 17.1 Å². The molecular weight excluding hydrogens is 166 g/mol. The van der Waals surface area contributed by atoms with E-state index < -0.39 is 0 Å². The minimum Gasteiger partial charge on any atom is -0.469 e. The van der Waals surface area contributed by atoms with Gasteiger partial charge in [-0.2, -0.15) is 5.10 Å². The summed E-state index contributed by atoms with van der Waals surface area (Å²) in [5, 5.41) is 6.93. The van der Waals surface area contributed by atoms with Crippen LogP contribution in [0.3, 0.4) is 0 Å². The van der Waals surface area contributed by atoms with Crippen molar-refractivity contribution in [2.24, 2.45) is 5.73 Å². The second-order valence-corrected chi connectivity index (χ2v) is 2.84. The summed E-state index contributed by atoms with van der Waals surface area (Å²) >= 11 is 0. The number of nitrogens with zero attached hydrogens (tertiary/aromatic N) is 1. The van der Waals surface area contributed by atoms with E-state index in [0.717, 1.165) is 23.6 Å². The highest BCUT2D eigenvalue weighted by Crippen LogP contribution is 2.08. The van der Waals surface area contributed by atoms with Crippen LogP contribution >= 0.6 is 0 Å². The molecule has 0 saturated heterocycles. The molecule has 0 aliphatic carbocycles. The normalized spacial score (nSPS) is 10.5. The molecule has 4 nitrogen and oxygen atoms in total. The van der Waals surface area contributed by atoms with Crippen LogP contribution < -0.4 is 5.73 Å². The summed E-state index contributed by atoms with van der Waals surface area (Å²) in [6, 6.07) is 5.75. The van der Waals surface area contributed by atoms with E-state index in [1.54, 1.807) is 6.26 Å². The lowest BCUT2D eigenvalue weighted by molar-refractivity contribution is 0.519. The quantitative estimate of drug-likeness (QED) is 0.736. The van der Waals surface area contributed by atoms with E-state index in [0.29, 0.717) is 6.54 Å². The molecule has 0 spiro atoms. The van der Waals surface area contributed by atoms with Crippen molar-refractivity contribution in [3.8, 4) is 0 Å². The molecule has 2 aromatic rings. The first-order valence-electron chi connectivity index (χ1n) is 4.14. The number of aromatic nitrogens is 2. The minimum atomic E-state index is 0.467. The van der Waals surface area contributed by atoms with Gasteiger partial charge in [0.1, 0.15) is 5.76 Å². The third kappa shape index (κ3) is 1.78. The monoisotopic (exact) mass is 177 g/mol. The van der Waals surface area contributed by atoms with Crippen LogP contribution in [-0.4, -0.2) is 10.2 Å². The standard InChI is InChI=1S/C9H11N3O/c10-6-8-4-7(11-12-8)5-9-2-1-3-13-9/h1-4H,5-6,10H2,(H,11,12). The summed E-state index contributed by atoms with van der Waals surface area (Å²) in [6.45, 7) is 0.467. The lowest BCUT2D eigenvalue weighted by atomic mass is 10.2. The summed E-state index contributed by atoms with van der Waals surface area (Å²) in [4.78, 5) is 0. The number of furan rings is 1. The van der Waals surface area contributed by atoms with Crippen LogP contribution in [0.5, 0.6) is 0 Å². The lowest BCUT2D eigenvalue weighted by Crippen LogP contribution is -1.95. The number of aromatic amines is 1. The lowest BCUT2D eigenvalue weighted by Gasteiger charge is -1.90. The maximum absolute atomic E-state index is 5.43. The maximum Gasteiger partial charge on any atom is 0.109 e. The predicted octanol–water partition coefficient (Wildman–Crippen LogP) is 1.05. The van der Waals surface area contributed by atoms with E-state index in [4.69, 9.17) is 10.2 Å². The van der Waals surface area contributed by atoms with Crippen LogP contribution in [0, 0.1) is 0 Å². The van der Waals surface area contributed by atoms with Crippen molar-refractivity contribution in [1.29, 1.82) is 0 Å². The summed E-state index contributed by atoms with van der Waals surface area (Å²) < 4.78 is 5.20. The topological polar surface area (TPSA) is 67.8 Å². The Kier molecular flexibility index (Phi) is 2.14. The molecule has 3 N–H and O–H groups in total. The molecule has 0 amide bonds.